The molecule has 0 bridgehead atoms. The maximum absolute atomic E-state index is 12.5. The van der Waals surface area contributed by atoms with Crippen molar-refractivity contribution in [1.82, 2.24) is 0 Å². The summed E-state index contributed by atoms with van der Waals surface area (Å²) in [6, 6.07) is 19.9. The van der Waals surface area contributed by atoms with E-state index < -0.39 is 5.97 Å². The highest BCUT2D eigenvalue weighted by atomic mass is 35.5. The highest BCUT2D eigenvalue weighted by Crippen LogP contribution is 2.45. The van der Waals surface area contributed by atoms with Crippen LogP contribution >= 0.6 is 23.2 Å². The van der Waals surface area contributed by atoms with Crippen molar-refractivity contribution in [3.63, 3.8) is 0 Å². The Labute approximate surface area is 233 Å². The molecule has 4 rings (SSSR count). The fourth-order valence-electron chi connectivity index (χ4n) is 4.85. The Morgan fingerprint density at radius 1 is 1.05 bits per heavy atom. The van der Waals surface area contributed by atoms with E-state index in [4.69, 9.17) is 37.4 Å². The number of carbonyl (C=O) groups is 2. The molecule has 0 spiro atoms. The fourth-order valence-corrected chi connectivity index (χ4v) is 5.41. The zero-order valence-corrected chi connectivity index (χ0v) is 23.1. The average Bonchev–Trinajstić information content (AvgIpc) is 2.91. The summed E-state index contributed by atoms with van der Waals surface area (Å²) >= 11 is 12.6. The smallest absolute Gasteiger partial charge is 0.337 e. The second kappa shape index (κ2) is 12.7. The van der Waals surface area contributed by atoms with Crippen molar-refractivity contribution in [2.24, 2.45) is 11.8 Å². The van der Waals surface area contributed by atoms with Crippen molar-refractivity contribution in [2.75, 3.05) is 25.6 Å². The van der Waals surface area contributed by atoms with Crippen LogP contribution in [0, 0.1) is 11.8 Å². The number of esters is 1. The van der Waals surface area contributed by atoms with Gasteiger partial charge in [-0.3, -0.25) is 4.79 Å². The summed E-state index contributed by atoms with van der Waals surface area (Å²) in [5, 5.41) is 4.03. The van der Waals surface area contributed by atoms with Crippen LogP contribution in [0.4, 0.5) is 5.69 Å². The number of nitrogens with one attached hydrogen (secondary N) is 1. The zero-order chi connectivity index (χ0) is 27.2. The second-order valence-corrected chi connectivity index (χ2v) is 10.6. The Morgan fingerprint density at radius 2 is 1.84 bits per heavy atom. The van der Waals surface area contributed by atoms with Crippen molar-refractivity contribution in [3.05, 3.63) is 93.5 Å². The summed E-state index contributed by atoms with van der Waals surface area (Å²) in [5.41, 5.74) is 2.90. The summed E-state index contributed by atoms with van der Waals surface area (Å²) < 4.78 is 16.9. The van der Waals surface area contributed by atoms with Gasteiger partial charge in [-0.2, -0.15) is 0 Å². The molecule has 3 aromatic rings. The summed E-state index contributed by atoms with van der Waals surface area (Å²) in [6.45, 7) is 4.77. The van der Waals surface area contributed by atoms with Crippen molar-refractivity contribution >= 4 is 40.8 Å². The van der Waals surface area contributed by atoms with E-state index >= 15 is 0 Å². The molecule has 1 aliphatic rings. The average molecular weight is 556 g/mol. The third kappa shape index (κ3) is 6.87. The number of hydrogen-bond acceptors (Lipinski definition) is 5. The van der Waals surface area contributed by atoms with Gasteiger partial charge in [0.15, 0.2) is 6.61 Å². The van der Waals surface area contributed by atoms with E-state index in [0.29, 0.717) is 39.6 Å². The maximum Gasteiger partial charge on any atom is 0.337 e. The summed E-state index contributed by atoms with van der Waals surface area (Å²) in [5.74, 6) is 0.598. The third-order valence-corrected chi connectivity index (χ3v) is 7.37. The second-order valence-electron chi connectivity index (χ2n) is 9.74. The number of methoxy groups -OCH3 is 1. The summed E-state index contributed by atoms with van der Waals surface area (Å²) in [7, 11) is 1.31. The lowest BCUT2D eigenvalue weighted by atomic mass is 9.76. The largest absolute Gasteiger partial charge is 0.484 e. The number of rotatable bonds is 8. The normalized spacial score (nSPS) is 19.2. The van der Waals surface area contributed by atoms with Gasteiger partial charge < -0.3 is 19.5 Å². The molecule has 1 saturated heterocycles. The monoisotopic (exact) mass is 555 g/mol. The topological polar surface area (TPSA) is 73.9 Å². The molecule has 6 nitrogen and oxygen atoms in total. The number of hydrogen-bond donors (Lipinski definition) is 1. The Morgan fingerprint density at radius 3 is 2.58 bits per heavy atom. The first-order chi connectivity index (χ1) is 18.2. The van der Waals surface area contributed by atoms with E-state index in [1.807, 2.05) is 36.4 Å². The molecule has 1 aliphatic heterocycles. The highest BCUT2D eigenvalue weighted by molar-refractivity contribution is 6.35. The fraction of sp³-hybridized carbons (Fsp3) is 0.333. The van der Waals surface area contributed by atoms with Crippen LogP contribution in [0.15, 0.2) is 66.7 Å². The first-order valence-corrected chi connectivity index (χ1v) is 13.3. The molecular formula is C30H31Cl2NO5. The van der Waals surface area contributed by atoms with Gasteiger partial charge in [-0.05, 0) is 71.8 Å². The van der Waals surface area contributed by atoms with Gasteiger partial charge in [-0.15, -0.1) is 0 Å². The molecule has 0 unspecified atom stereocenters. The summed E-state index contributed by atoms with van der Waals surface area (Å²) in [4.78, 5) is 24.2. The molecule has 3 aromatic carbocycles. The molecular weight excluding hydrogens is 525 g/mol. The van der Waals surface area contributed by atoms with Crippen molar-refractivity contribution in [1.29, 1.82) is 0 Å². The maximum atomic E-state index is 12.5. The molecule has 0 aromatic heterocycles. The number of ether oxygens (including phenoxy) is 3. The van der Waals surface area contributed by atoms with Crippen LogP contribution in [0.1, 0.15) is 53.8 Å². The molecule has 0 saturated carbocycles. The van der Waals surface area contributed by atoms with Gasteiger partial charge in [0.1, 0.15) is 5.75 Å². The van der Waals surface area contributed by atoms with Gasteiger partial charge >= 0.3 is 5.97 Å². The minimum absolute atomic E-state index is 0.101. The lowest BCUT2D eigenvalue weighted by molar-refractivity contribution is -0.118. The van der Waals surface area contributed by atoms with E-state index in [2.05, 4.69) is 19.2 Å². The predicted octanol–water partition coefficient (Wildman–Crippen LogP) is 7.31. The van der Waals surface area contributed by atoms with Crippen LogP contribution < -0.4 is 10.1 Å². The highest BCUT2D eigenvalue weighted by Gasteiger charge is 2.35. The Hall–Kier alpha value is -3.06. The number of anilines is 1. The molecule has 8 heteroatoms. The number of carbonyl (C=O) groups excluding carboxylic acids is 2. The minimum atomic E-state index is -0.471. The molecule has 38 heavy (non-hydrogen) atoms. The molecule has 1 heterocycles. The first-order valence-electron chi connectivity index (χ1n) is 12.5. The molecule has 1 N–H and O–H groups in total. The molecule has 1 fully saturated rings. The lowest BCUT2D eigenvalue weighted by Crippen LogP contribution is -2.31. The quantitative estimate of drug-likeness (QED) is 0.295. The number of benzene rings is 3. The van der Waals surface area contributed by atoms with Crippen molar-refractivity contribution in [2.45, 2.75) is 32.3 Å². The molecule has 1 amide bonds. The van der Waals surface area contributed by atoms with Gasteiger partial charge in [-0.25, -0.2) is 4.79 Å². The lowest BCUT2D eigenvalue weighted by Gasteiger charge is -2.39. The van der Waals surface area contributed by atoms with E-state index in [-0.39, 0.29) is 30.5 Å². The Balaban J connectivity index is 1.40. The number of halogens is 2. The number of amides is 1. The van der Waals surface area contributed by atoms with E-state index in [9.17, 15) is 9.59 Å². The van der Waals surface area contributed by atoms with Crippen LogP contribution in [-0.4, -0.2) is 32.2 Å². The zero-order valence-electron chi connectivity index (χ0n) is 21.6. The summed E-state index contributed by atoms with van der Waals surface area (Å²) in [6.07, 6.45) is 0.831. The standard InChI is InChI=1S/C30H31Cl2NO5/c1-18(2)26-14-21(25-11-10-22(31)15-27(25)32)16-38-29(26)19-6-5-9-24(13-19)37-17-28(34)33-23-8-4-7-20(12-23)30(35)36-3/h4-13,15,18,21,26,29H,14,16-17H2,1-3H3,(H,33,34)/t21-,26-,29-/m0/s1. The van der Waals surface area contributed by atoms with Crippen LogP contribution in [0.3, 0.4) is 0 Å². The van der Waals surface area contributed by atoms with Crippen LogP contribution in [-0.2, 0) is 14.3 Å². The van der Waals surface area contributed by atoms with Gasteiger partial charge in [0.25, 0.3) is 5.91 Å². The van der Waals surface area contributed by atoms with Crippen LogP contribution in [0.2, 0.25) is 10.0 Å². The third-order valence-electron chi connectivity index (χ3n) is 6.81. The van der Waals surface area contributed by atoms with Gasteiger partial charge in [0.2, 0.25) is 0 Å². The molecule has 3 atom stereocenters. The van der Waals surface area contributed by atoms with Crippen LogP contribution in [0.5, 0.6) is 5.75 Å². The Bertz CT molecular complexity index is 1300. The van der Waals surface area contributed by atoms with Gasteiger partial charge in [0.05, 0.1) is 25.4 Å². The SMILES string of the molecule is COC(=O)c1cccc(NC(=O)COc2cccc([C@@H]3OC[C@@H](c4ccc(Cl)cc4Cl)C[C@H]3C(C)C)c2)c1. The van der Waals surface area contributed by atoms with Gasteiger partial charge in [-0.1, -0.05) is 61.3 Å². The van der Waals surface area contributed by atoms with Crippen LogP contribution in [0.25, 0.3) is 0 Å². The van der Waals surface area contributed by atoms with E-state index in [1.54, 1.807) is 30.3 Å². The van der Waals surface area contributed by atoms with Crippen molar-refractivity contribution in [3.8, 4) is 5.75 Å². The Kier molecular flexibility index (Phi) is 9.31. The van der Waals surface area contributed by atoms with Crippen molar-refractivity contribution < 1.29 is 23.8 Å². The van der Waals surface area contributed by atoms with Gasteiger partial charge in [0, 0.05) is 21.7 Å². The minimum Gasteiger partial charge on any atom is -0.484 e. The molecule has 0 radical (unpaired) electrons. The van der Waals surface area contributed by atoms with E-state index in [1.165, 1.54) is 7.11 Å². The van der Waals surface area contributed by atoms with E-state index in [0.717, 1.165) is 17.5 Å². The first kappa shape index (κ1) is 28.0. The molecule has 200 valence electrons. The molecule has 0 aliphatic carbocycles. The predicted molar refractivity (Wildman–Crippen MR) is 149 cm³/mol.